The lowest BCUT2D eigenvalue weighted by atomic mass is 10.0. The predicted octanol–water partition coefficient (Wildman–Crippen LogP) is 4.48. The number of nitrogens with zero attached hydrogens (tertiary/aromatic N) is 3. The first-order valence-electron chi connectivity index (χ1n) is 9.45. The molecule has 0 bridgehead atoms. The van der Waals surface area contributed by atoms with Crippen molar-refractivity contribution in [2.75, 3.05) is 16.9 Å². The first-order chi connectivity index (χ1) is 13.9. The smallest absolute Gasteiger partial charge is 0.234 e. The highest BCUT2D eigenvalue weighted by Gasteiger charge is 2.16. The van der Waals surface area contributed by atoms with Crippen LogP contribution in [0.15, 0.2) is 41.6 Å². The molecule has 0 saturated heterocycles. The number of aryl methyl sites for hydroxylation is 2. The van der Waals surface area contributed by atoms with Crippen molar-refractivity contribution in [3.8, 4) is 11.4 Å². The van der Waals surface area contributed by atoms with E-state index in [9.17, 15) is 4.79 Å². The summed E-state index contributed by atoms with van der Waals surface area (Å²) in [6, 6.07) is 11.7. The van der Waals surface area contributed by atoms with Crippen molar-refractivity contribution in [3.05, 3.63) is 58.1 Å². The zero-order valence-corrected chi connectivity index (χ0v) is 18.3. The SMILES string of the molecule is CCc1ccc(Cl)c(CC)c1NC(=O)CSc1nnc(-c2ccc(C)cc2)n1N. The Morgan fingerprint density at radius 2 is 1.86 bits per heavy atom. The van der Waals surface area contributed by atoms with Gasteiger partial charge in [0.05, 0.1) is 5.75 Å². The average molecular weight is 430 g/mol. The number of thioether (sulfide) groups is 1. The number of amides is 1. The van der Waals surface area contributed by atoms with Crippen molar-refractivity contribution in [2.45, 2.75) is 38.8 Å². The van der Waals surface area contributed by atoms with Crippen LogP contribution in [-0.2, 0) is 17.6 Å². The fourth-order valence-corrected chi connectivity index (χ4v) is 4.00. The van der Waals surface area contributed by atoms with Crippen molar-refractivity contribution >= 4 is 35.0 Å². The Morgan fingerprint density at radius 3 is 2.52 bits per heavy atom. The molecule has 0 unspecified atom stereocenters. The lowest BCUT2D eigenvalue weighted by Gasteiger charge is -2.15. The Labute approximate surface area is 179 Å². The molecule has 0 aliphatic heterocycles. The number of hydrogen-bond donors (Lipinski definition) is 2. The molecule has 0 radical (unpaired) electrons. The fraction of sp³-hybridized carbons (Fsp3) is 0.286. The number of nitrogen functional groups attached to an aromatic ring is 1. The molecule has 0 aliphatic rings. The van der Waals surface area contributed by atoms with Crippen LogP contribution in [0.4, 0.5) is 5.69 Å². The highest BCUT2D eigenvalue weighted by atomic mass is 35.5. The van der Waals surface area contributed by atoms with Gasteiger partial charge in [-0.1, -0.05) is 73.1 Å². The van der Waals surface area contributed by atoms with Gasteiger partial charge in [0.1, 0.15) is 0 Å². The summed E-state index contributed by atoms with van der Waals surface area (Å²) >= 11 is 7.56. The molecule has 1 amide bonds. The van der Waals surface area contributed by atoms with Gasteiger partial charge in [-0.25, -0.2) is 4.68 Å². The maximum atomic E-state index is 12.6. The predicted molar refractivity (Wildman–Crippen MR) is 120 cm³/mol. The monoisotopic (exact) mass is 429 g/mol. The molecule has 8 heteroatoms. The first-order valence-corrected chi connectivity index (χ1v) is 10.8. The number of carbonyl (C=O) groups excluding carboxylic acids is 1. The second-order valence-corrected chi connectivity index (χ2v) is 8.00. The van der Waals surface area contributed by atoms with E-state index in [1.54, 1.807) is 0 Å². The van der Waals surface area contributed by atoms with E-state index >= 15 is 0 Å². The second-order valence-electron chi connectivity index (χ2n) is 6.65. The van der Waals surface area contributed by atoms with Crippen LogP contribution in [0.1, 0.15) is 30.5 Å². The van der Waals surface area contributed by atoms with Gasteiger partial charge in [0, 0.05) is 16.3 Å². The summed E-state index contributed by atoms with van der Waals surface area (Å²) < 4.78 is 1.41. The van der Waals surface area contributed by atoms with Gasteiger partial charge in [-0.05, 0) is 37.0 Å². The number of rotatable bonds is 7. The summed E-state index contributed by atoms with van der Waals surface area (Å²) in [5.41, 5.74) is 4.85. The van der Waals surface area contributed by atoms with E-state index in [1.807, 2.05) is 50.2 Å². The molecule has 3 N–H and O–H groups in total. The van der Waals surface area contributed by atoms with Gasteiger partial charge < -0.3 is 11.2 Å². The van der Waals surface area contributed by atoms with Gasteiger partial charge in [-0.15, -0.1) is 10.2 Å². The molecule has 6 nitrogen and oxygen atoms in total. The minimum absolute atomic E-state index is 0.137. The summed E-state index contributed by atoms with van der Waals surface area (Å²) in [5, 5.41) is 12.4. The number of aromatic nitrogens is 3. The van der Waals surface area contributed by atoms with Gasteiger partial charge in [0.25, 0.3) is 0 Å². The molecule has 3 aromatic rings. The minimum atomic E-state index is -0.137. The lowest BCUT2D eigenvalue weighted by Crippen LogP contribution is -2.18. The molecule has 3 rings (SSSR count). The van der Waals surface area contributed by atoms with Crippen LogP contribution in [-0.4, -0.2) is 26.5 Å². The highest BCUT2D eigenvalue weighted by Crippen LogP contribution is 2.30. The van der Waals surface area contributed by atoms with Crippen LogP contribution < -0.4 is 11.2 Å². The van der Waals surface area contributed by atoms with E-state index < -0.39 is 0 Å². The number of nitrogens with two attached hydrogens (primary N) is 1. The number of carbonyl (C=O) groups is 1. The second kappa shape index (κ2) is 9.33. The van der Waals surface area contributed by atoms with Crippen LogP contribution >= 0.6 is 23.4 Å². The Kier molecular flexibility index (Phi) is 6.82. The van der Waals surface area contributed by atoms with Crippen LogP contribution in [0, 0.1) is 6.92 Å². The van der Waals surface area contributed by atoms with E-state index in [0.29, 0.717) is 16.0 Å². The molecule has 29 heavy (non-hydrogen) atoms. The average Bonchev–Trinajstić information content (AvgIpc) is 3.08. The van der Waals surface area contributed by atoms with Crippen molar-refractivity contribution in [3.63, 3.8) is 0 Å². The van der Waals surface area contributed by atoms with Gasteiger partial charge in [0.15, 0.2) is 5.82 Å². The Morgan fingerprint density at radius 1 is 1.14 bits per heavy atom. The largest absolute Gasteiger partial charge is 0.335 e. The summed E-state index contributed by atoms with van der Waals surface area (Å²) in [4.78, 5) is 12.6. The third-order valence-electron chi connectivity index (χ3n) is 4.65. The Hall–Kier alpha value is -2.51. The molecule has 1 heterocycles. The van der Waals surface area contributed by atoms with Crippen LogP contribution in [0.3, 0.4) is 0 Å². The molecular formula is C21H24ClN5OS. The topological polar surface area (TPSA) is 85.8 Å². The summed E-state index contributed by atoms with van der Waals surface area (Å²) in [6.07, 6.45) is 1.55. The maximum absolute atomic E-state index is 12.6. The lowest BCUT2D eigenvalue weighted by molar-refractivity contribution is -0.113. The van der Waals surface area contributed by atoms with Crippen molar-refractivity contribution in [1.29, 1.82) is 0 Å². The maximum Gasteiger partial charge on any atom is 0.234 e. The van der Waals surface area contributed by atoms with Crippen LogP contribution in [0.2, 0.25) is 5.02 Å². The Balaban J connectivity index is 1.71. The number of halogens is 1. The number of anilines is 1. The normalized spacial score (nSPS) is 10.9. The van der Waals surface area contributed by atoms with E-state index in [0.717, 1.165) is 40.8 Å². The standard InChI is InChI=1S/C21H24ClN5OS/c1-4-14-10-11-17(22)16(5-2)19(14)24-18(28)12-29-21-26-25-20(27(21)23)15-8-6-13(3)7-9-15/h6-11H,4-5,12,23H2,1-3H3,(H,24,28). The van der Waals surface area contributed by atoms with E-state index in [-0.39, 0.29) is 11.7 Å². The summed E-state index contributed by atoms with van der Waals surface area (Å²) in [5.74, 6) is 6.74. The first kappa shape index (κ1) is 21.2. The van der Waals surface area contributed by atoms with Crippen LogP contribution in [0.25, 0.3) is 11.4 Å². The molecule has 0 fully saturated rings. The molecule has 0 aliphatic carbocycles. The number of benzene rings is 2. The summed E-state index contributed by atoms with van der Waals surface area (Å²) in [7, 11) is 0. The van der Waals surface area contributed by atoms with Crippen LogP contribution in [0.5, 0.6) is 0 Å². The van der Waals surface area contributed by atoms with Crippen molar-refractivity contribution < 1.29 is 4.79 Å². The molecular weight excluding hydrogens is 406 g/mol. The van der Waals surface area contributed by atoms with Gasteiger partial charge in [-0.3, -0.25) is 4.79 Å². The van der Waals surface area contributed by atoms with Gasteiger partial charge in [-0.2, -0.15) is 0 Å². The van der Waals surface area contributed by atoms with E-state index in [2.05, 4.69) is 22.4 Å². The molecule has 2 aromatic carbocycles. The fourth-order valence-electron chi connectivity index (χ4n) is 3.05. The molecule has 1 aromatic heterocycles. The molecule has 0 spiro atoms. The summed E-state index contributed by atoms with van der Waals surface area (Å²) in [6.45, 7) is 6.09. The minimum Gasteiger partial charge on any atom is -0.335 e. The quantitative estimate of drug-likeness (QED) is 0.427. The third-order valence-corrected chi connectivity index (χ3v) is 5.94. The molecule has 152 valence electrons. The molecule has 0 atom stereocenters. The van der Waals surface area contributed by atoms with E-state index in [4.69, 9.17) is 17.4 Å². The third kappa shape index (κ3) is 4.74. The van der Waals surface area contributed by atoms with Crippen molar-refractivity contribution in [2.24, 2.45) is 0 Å². The van der Waals surface area contributed by atoms with Gasteiger partial charge >= 0.3 is 0 Å². The number of hydrogen-bond acceptors (Lipinski definition) is 5. The number of nitrogens with one attached hydrogen (secondary N) is 1. The van der Waals surface area contributed by atoms with E-state index in [1.165, 1.54) is 16.4 Å². The van der Waals surface area contributed by atoms with Crippen molar-refractivity contribution in [1.82, 2.24) is 14.9 Å². The Bertz CT molecular complexity index is 1020. The highest BCUT2D eigenvalue weighted by molar-refractivity contribution is 7.99. The zero-order valence-electron chi connectivity index (χ0n) is 16.7. The zero-order chi connectivity index (χ0) is 21.0. The van der Waals surface area contributed by atoms with Gasteiger partial charge in [0.2, 0.25) is 11.1 Å². The molecule has 0 saturated carbocycles.